The molecule has 2 aromatic carbocycles. The Hall–Kier alpha value is -3.52. The van der Waals surface area contributed by atoms with Gasteiger partial charge in [0.1, 0.15) is 0 Å². The molecule has 1 fully saturated rings. The summed E-state index contributed by atoms with van der Waals surface area (Å²) in [5.74, 6) is -0.138. The molecule has 0 N–H and O–H groups in total. The Morgan fingerprint density at radius 1 is 1.16 bits per heavy atom. The van der Waals surface area contributed by atoms with Crippen LogP contribution in [0.5, 0.6) is 11.5 Å². The molecule has 0 radical (unpaired) electrons. The molecule has 1 saturated heterocycles. The van der Waals surface area contributed by atoms with E-state index in [0.717, 1.165) is 16.7 Å². The number of imide groups is 1. The van der Waals surface area contributed by atoms with Gasteiger partial charge < -0.3 is 14.2 Å². The topological polar surface area (TPSA) is 82.1 Å². The molecule has 8 heteroatoms. The molecular weight excluding hydrogens is 418 g/mol. The van der Waals surface area contributed by atoms with Gasteiger partial charge in [-0.15, -0.1) is 6.58 Å². The first kappa shape index (κ1) is 22.2. The van der Waals surface area contributed by atoms with Gasteiger partial charge in [0.15, 0.2) is 18.1 Å². The highest BCUT2D eigenvalue weighted by molar-refractivity contribution is 8.19. The van der Waals surface area contributed by atoms with Gasteiger partial charge in [0.05, 0.1) is 24.8 Å². The highest BCUT2D eigenvalue weighted by Gasteiger charge is 2.36. The lowest BCUT2D eigenvalue weighted by atomic mass is 10.0. The van der Waals surface area contributed by atoms with Gasteiger partial charge in [-0.2, -0.15) is 0 Å². The summed E-state index contributed by atoms with van der Waals surface area (Å²) in [6.45, 7) is 3.48. The zero-order chi connectivity index (χ0) is 22.4. The van der Waals surface area contributed by atoms with Crippen molar-refractivity contribution < 1.29 is 28.6 Å². The van der Waals surface area contributed by atoms with Crippen molar-refractivity contribution in [2.24, 2.45) is 0 Å². The Morgan fingerprint density at radius 2 is 1.90 bits per heavy atom. The second-order valence-corrected chi connectivity index (χ2v) is 7.41. The van der Waals surface area contributed by atoms with Gasteiger partial charge in [0.2, 0.25) is 0 Å². The van der Waals surface area contributed by atoms with E-state index in [1.54, 1.807) is 48.6 Å². The third-order valence-electron chi connectivity index (χ3n) is 4.41. The van der Waals surface area contributed by atoms with Gasteiger partial charge in [0, 0.05) is 5.56 Å². The van der Waals surface area contributed by atoms with E-state index in [1.807, 2.05) is 6.07 Å². The van der Waals surface area contributed by atoms with Crippen molar-refractivity contribution in [3.05, 3.63) is 71.2 Å². The molecule has 0 aromatic heterocycles. The van der Waals surface area contributed by atoms with E-state index in [4.69, 9.17) is 9.47 Å². The quantitative estimate of drug-likeness (QED) is 0.346. The smallest absolute Gasteiger partial charge is 0.343 e. The van der Waals surface area contributed by atoms with E-state index >= 15 is 0 Å². The van der Waals surface area contributed by atoms with E-state index in [1.165, 1.54) is 14.2 Å². The number of rotatable bonds is 8. The van der Waals surface area contributed by atoms with Gasteiger partial charge in [-0.05, 0) is 54.1 Å². The maximum Gasteiger partial charge on any atom is 0.343 e. The average molecular weight is 439 g/mol. The number of carbonyl (C=O) groups excluding carboxylic acids is 3. The summed E-state index contributed by atoms with van der Waals surface area (Å²) in [4.78, 5) is 38.2. The summed E-state index contributed by atoms with van der Waals surface area (Å²) < 4.78 is 15.6. The Labute approximate surface area is 184 Å². The van der Waals surface area contributed by atoms with Crippen molar-refractivity contribution in [2.45, 2.75) is 6.42 Å². The number of anilines is 1. The molecular formula is C23H21NO6S. The summed E-state index contributed by atoms with van der Waals surface area (Å²) in [7, 11) is 2.75. The number of thioether (sulfide) groups is 1. The zero-order valence-electron chi connectivity index (χ0n) is 17.1. The third kappa shape index (κ3) is 4.97. The molecule has 1 aliphatic heterocycles. The fourth-order valence-electron chi connectivity index (χ4n) is 3.00. The first-order chi connectivity index (χ1) is 15.0. The molecule has 31 heavy (non-hydrogen) atoms. The van der Waals surface area contributed by atoms with E-state index in [2.05, 4.69) is 11.3 Å². The molecule has 0 spiro atoms. The number of nitrogens with zero attached hydrogens (tertiary/aromatic N) is 1. The molecule has 7 nitrogen and oxygen atoms in total. The highest BCUT2D eigenvalue weighted by atomic mass is 32.2. The van der Waals surface area contributed by atoms with Gasteiger partial charge in [-0.25, -0.2) is 9.69 Å². The number of carbonyl (C=O) groups is 3. The van der Waals surface area contributed by atoms with Crippen molar-refractivity contribution >= 4 is 40.6 Å². The number of amides is 2. The Bertz CT molecular complexity index is 1050. The van der Waals surface area contributed by atoms with Crippen molar-refractivity contribution in [3.8, 4) is 11.5 Å². The molecule has 3 rings (SSSR count). The first-order valence-corrected chi connectivity index (χ1v) is 10.1. The van der Waals surface area contributed by atoms with Crippen LogP contribution in [0.3, 0.4) is 0 Å². The Morgan fingerprint density at radius 3 is 2.55 bits per heavy atom. The van der Waals surface area contributed by atoms with Crippen molar-refractivity contribution in [2.75, 3.05) is 25.7 Å². The molecule has 0 saturated carbocycles. The fraction of sp³-hybridized carbons (Fsp3) is 0.174. The standard InChI is InChI=1S/C23H21NO6S/c1-4-8-16-11-15(12-18(28-2)21(16)30-14-20(25)29-3)13-19-22(26)24(23(27)31-19)17-9-6-5-7-10-17/h4-7,9-13H,1,8,14H2,2-3H3/b19-13-. The van der Waals surface area contributed by atoms with E-state index in [-0.39, 0.29) is 11.8 Å². The molecule has 0 aliphatic carbocycles. The molecule has 1 aliphatic rings. The van der Waals surface area contributed by atoms with Crippen LogP contribution in [0.4, 0.5) is 10.5 Å². The van der Waals surface area contributed by atoms with Crippen LogP contribution in [-0.2, 0) is 20.7 Å². The van der Waals surface area contributed by atoms with Gasteiger partial charge in [-0.1, -0.05) is 24.3 Å². The minimum absolute atomic E-state index is 0.272. The van der Waals surface area contributed by atoms with E-state index < -0.39 is 11.9 Å². The zero-order valence-corrected chi connectivity index (χ0v) is 17.9. The Kier molecular flexibility index (Phi) is 7.15. The van der Waals surface area contributed by atoms with Crippen LogP contribution < -0.4 is 14.4 Å². The average Bonchev–Trinajstić information content (AvgIpc) is 3.05. The van der Waals surface area contributed by atoms with Crippen LogP contribution in [0.15, 0.2) is 60.0 Å². The van der Waals surface area contributed by atoms with Gasteiger partial charge in [-0.3, -0.25) is 9.59 Å². The van der Waals surface area contributed by atoms with E-state index in [0.29, 0.717) is 39.6 Å². The van der Waals surface area contributed by atoms with Crippen LogP contribution in [0.25, 0.3) is 6.08 Å². The predicted molar refractivity (Wildman–Crippen MR) is 119 cm³/mol. The lowest BCUT2D eigenvalue weighted by molar-refractivity contribution is -0.142. The number of ether oxygens (including phenoxy) is 3. The van der Waals surface area contributed by atoms with E-state index in [9.17, 15) is 14.4 Å². The van der Waals surface area contributed by atoms with Crippen molar-refractivity contribution in [3.63, 3.8) is 0 Å². The van der Waals surface area contributed by atoms with Crippen LogP contribution >= 0.6 is 11.8 Å². The lowest BCUT2D eigenvalue weighted by Crippen LogP contribution is -2.27. The number of para-hydroxylation sites is 1. The monoisotopic (exact) mass is 439 g/mol. The molecule has 0 atom stereocenters. The van der Waals surface area contributed by atoms with Crippen LogP contribution in [0, 0.1) is 0 Å². The second-order valence-electron chi connectivity index (χ2n) is 6.42. The number of hydrogen-bond donors (Lipinski definition) is 0. The van der Waals surface area contributed by atoms with Crippen LogP contribution in [0.1, 0.15) is 11.1 Å². The number of hydrogen-bond acceptors (Lipinski definition) is 7. The summed E-state index contributed by atoms with van der Waals surface area (Å²) in [5.41, 5.74) is 1.88. The molecule has 2 amide bonds. The highest BCUT2D eigenvalue weighted by Crippen LogP contribution is 2.38. The molecule has 0 unspecified atom stereocenters. The molecule has 2 aromatic rings. The van der Waals surface area contributed by atoms with Gasteiger partial charge >= 0.3 is 5.97 Å². The van der Waals surface area contributed by atoms with Crippen molar-refractivity contribution in [1.82, 2.24) is 0 Å². The molecule has 1 heterocycles. The number of allylic oxidation sites excluding steroid dienone is 1. The van der Waals surface area contributed by atoms with Crippen LogP contribution in [0.2, 0.25) is 0 Å². The maximum absolute atomic E-state index is 12.9. The normalized spacial score (nSPS) is 14.6. The summed E-state index contributed by atoms with van der Waals surface area (Å²) in [5, 5.41) is -0.362. The number of benzene rings is 2. The van der Waals surface area contributed by atoms with Crippen molar-refractivity contribution in [1.29, 1.82) is 0 Å². The first-order valence-electron chi connectivity index (χ1n) is 9.33. The minimum atomic E-state index is -0.523. The maximum atomic E-state index is 12.9. The number of methoxy groups -OCH3 is 2. The lowest BCUT2D eigenvalue weighted by Gasteiger charge is -2.15. The number of esters is 1. The Balaban J connectivity index is 1.95. The molecule has 0 bridgehead atoms. The minimum Gasteiger partial charge on any atom is -0.493 e. The molecule has 160 valence electrons. The fourth-order valence-corrected chi connectivity index (χ4v) is 3.84. The largest absolute Gasteiger partial charge is 0.493 e. The van der Waals surface area contributed by atoms with Gasteiger partial charge in [0.25, 0.3) is 11.1 Å². The predicted octanol–water partition coefficient (Wildman–Crippen LogP) is 4.22. The second kappa shape index (κ2) is 9.99. The van der Waals surface area contributed by atoms with Crippen LogP contribution in [-0.4, -0.2) is 37.9 Å². The summed E-state index contributed by atoms with van der Waals surface area (Å²) >= 11 is 0.871. The summed E-state index contributed by atoms with van der Waals surface area (Å²) in [6.07, 6.45) is 3.76. The SMILES string of the molecule is C=CCc1cc(/C=C2\SC(=O)N(c3ccccc3)C2=O)cc(OC)c1OCC(=O)OC. The third-order valence-corrected chi connectivity index (χ3v) is 5.28. The summed E-state index contributed by atoms with van der Waals surface area (Å²) in [6, 6.07) is 12.2.